The highest BCUT2D eigenvalue weighted by Crippen LogP contribution is 2.27. The van der Waals surface area contributed by atoms with Gasteiger partial charge >= 0.3 is 5.97 Å². The van der Waals surface area contributed by atoms with E-state index in [1.165, 1.54) is 0 Å². The minimum absolute atomic E-state index is 0.245. The van der Waals surface area contributed by atoms with Crippen LogP contribution in [0.5, 0.6) is 0 Å². The zero-order chi connectivity index (χ0) is 12.2. The second-order valence-corrected chi connectivity index (χ2v) is 4.31. The van der Waals surface area contributed by atoms with Crippen LogP contribution in [0.1, 0.15) is 39.5 Å². The maximum absolute atomic E-state index is 11.8. The Morgan fingerprint density at radius 2 is 2.00 bits per heavy atom. The van der Waals surface area contributed by atoms with E-state index in [1.54, 1.807) is 13.8 Å². The van der Waals surface area contributed by atoms with Crippen molar-refractivity contribution in [2.24, 2.45) is 5.73 Å². The average Bonchev–Trinajstić information content (AvgIpc) is 2.66. The number of carbonyl (C=O) groups is 2. The van der Waals surface area contributed by atoms with E-state index in [2.05, 4.69) is 5.32 Å². The van der Waals surface area contributed by atoms with Crippen molar-refractivity contribution in [3.8, 4) is 0 Å². The number of ether oxygens (including phenoxy) is 1. The first kappa shape index (κ1) is 13.0. The van der Waals surface area contributed by atoms with Crippen molar-refractivity contribution in [2.75, 3.05) is 6.61 Å². The number of hydrogen-bond acceptors (Lipinski definition) is 4. The highest BCUT2D eigenvalue weighted by atomic mass is 16.5. The molecule has 0 radical (unpaired) electrons. The molecule has 1 rings (SSSR count). The molecule has 92 valence electrons. The van der Waals surface area contributed by atoms with Gasteiger partial charge in [0, 0.05) is 0 Å². The Bertz CT molecular complexity index is 272. The minimum atomic E-state index is -0.791. The van der Waals surface area contributed by atoms with Crippen molar-refractivity contribution < 1.29 is 14.3 Å². The molecule has 0 aromatic carbocycles. The standard InChI is InChI=1S/C11H20N2O3/c1-3-16-9(14)8(2)13-10(15)11(12)6-4-5-7-11/h8H,3-7,12H2,1-2H3,(H,13,15). The third-order valence-electron chi connectivity index (χ3n) is 2.94. The molecule has 5 heteroatoms. The van der Waals surface area contributed by atoms with Crippen LogP contribution in [-0.2, 0) is 14.3 Å². The third-order valence-corrected chi connectivity index (χ3v) is 2.94. The molecule has 0 aromatic heterocycles. The van der Waals surface area contributed by atoms with E-state index in [-0.39, 0.29) is 5.91 Å². The molecular weight excluding hydrogens is 208 g/mol. The van der Waals surface area contributed by atoms with Gasteiger partial charge < -0.3 is 15.8 Å². The Morgan fingerprint density at radius 1 is 1.44 bits per heavy atom. The minimum Gasteiger partial charge on any atom is -0.464 e. The number of esters is 1. The lowest BCUT2D eigenvalue weighted by molar-refractivity contribution is -0.147. The fraction of sp³-hybridized carbons (Fsp3) is 0.818. The molecule has 0 aromatic rings. The first-order chi connectivity index (χ1) is 7.49. The summed E-state index contributed by atoms with van der Waals surface area (Å²) in [7, 11) is 0. The smallest absolute Gasteiger partial charge is 0.328 e. The molecule has 1 fully saturated rings. The zero-order valence-electron chi connectivity index (χ0n) is 9.91. The summed E-state index contributed by atoms with van der Waals surface area (Å²) in [6.45, 7) is 3.65. The first-order valence-corrected chi connectivity index (χ1v) is 5.76. The molecule has 0 aliphatic heterocycles. The number of rotatable bonds is 4. The lowest BCUT2D eigenvalue weighted by Gasteiger charge is -2.24. The van der Waals surface area contributed by atoms with Gasteiger partial charge in [0.05, 0.1) is 12.1 Å². The average molecular weight is 228 g/mol. The van der Waals surface area contributed by atoms with Gasteiger partial charge in [-0.25, -0.2) is 4.79 Å². The van der Waals surface area contributed by atoms with Gasteiger partial charge in [-0.3, -0.25) is 4.79 Å². The fourth-order valence-electron chi connectivity index (χ4n) is 1.90. The molecule has 0 bridgehead atoms. The van der Waals surface area contributed by atoms with Crippen molar-refractivity contribution in [2.45, 2.75) is 51.1 Å². The summed E-state index contributed by atoms with van der Waals surface area (Å²) >= 11 is 0. The topological polar surface area (TPSA) is 81.4 Å². The van der Waals surface area contributed by atoms with E-state index in [0.29, 0.717) is 19.4 Å². The summed E-state index contributed by atoms with van der Waals surface area (Å²) in [6, 6.07) is -0.631. The fourth-order valence-corrected chi connectivity index (χ4v) is 1.90. The zero-order valence-corrected chi connectivity index (χ0v) is 9.91. The second-order valence-electron chi connectivity index (χ2n) is 4.31. The molecule has 1 atom stereocenters. The van der Waals surface area contributed by atoms with Gasteiger partial charge in [0.25, 0.3) is 0 Å². The molecule has 1 aliphatic rings. The van der Waals surface area contributed by atoms with E-state index < -0.39 is 17.6 Å². The third kappa shape index (κ3) is 2.95. The van der Waals surface area contributed by atoms with Gasteiger partial charge in [0.1, 0.15) is 6.04 Å². The van der Waals surface area contributed by atoms with Crippen LogP contribution in [0.4, 0.5) is 0 Å². The molecule has 0 heterocycles. The molecule has 16 heavy (non-hydrogen) atoms. The predicted molar refractivity (Wildman–Crippen MR) is 59.6 cm³/mol. The Hall–Kier alpha value is -1.10. The Morgan fingerprint density at radius 3 is 2.50 bits per heavy atom. The maximum Gasteiger partial charge on any atom is 0.328 e. The Kier molecular flexibility index (Phi) is 4.29. The van der Waals surface area contributed by atoms with Crippen LogP contribution in [-0.4, -0.2) is 30.1 Å². The van der Waals surface area contributed by atoms with Crippen LogP contribution in [0.25, 0.3) is 0 Å². The van der Waals surface area contributed by atoms with Crippen LogP contribution in [0.15, 0.2) is 0 Å². The van der Waals surface area contributed by atoms with E-state index in [9.17, 15) is 9.59 Å². The summed E-state index contributed by atoms with van der Waals surface area (Å²) in [4.78, 5) is 23.2. The monoisotopic (exact) mass is 228 g/mol. The first-order valence-electron chi connectivity index (χ1n) is 5.76. The van der Waals surface area contributed by atoms with E-state index in [0.717, 1.165) is 12.8 Å². The number of amides is 1. The second kappa shape index (κ2) is 5.30. The summed E-state index contributed by atoms with van der Waals surface area (Å²) < 4.78 is 4.81. The Balaban J connectivity index is 2.47. The molecular formula is C11H20N2O3. The quantitative estimate of drug-likeness (QED) is 0.679. The SMILES string of the molecule is CCOC(=O)C(C)NC(=O)C1(N)CCCC1. The molecule has 1 aliphatic carbocycles. The molecule has 5 nitrogen and oxygen atoms in total. The van der Waals surface area contributed by atoms with E-state index >= 15 is 0 Å². The van der Waals surface area contributed by atoms with Crippen LogP contribution >= 0.6 is 0 Å². The summed E-state index contributed by atoms with van der Waals surface area (Å²) in [5.74, 6) is -0.664. The van der Waals surface area contributed by atoms with Crippen molar-refractivity contribution in [1.82, 2.24) is 5.32 Å². The Labute approximate surface area is 95.7 Å². The molecule has 0 spiro atoms. The lowest BCUT2D eigenvalue weighted by Crippen LogP contribution is -2.55. The molecule has 1 saturated carbocycles. The van der Waals surface area contributed by atoms with Gasteiger partial charge in [-0.2, -0.15) is 0 Å². The van der Waals surface area contributed by atoms with Gasteiger partial charge in [-0.1, -0.05) is 12.8 Å². The van der Waals surface area contributed by atoms with Crippen molar-refractivity contribution in [3.05, 3.63) is 0 Å². The number of hydrogen-bond donors (Lipinski definition) is 2. The molecule has 0 saturated heterocycles. The number of carbonyl (C=O) groups excluding carboxylic acids is 2. The number of nitrogens with one attached hydrogen (secondary N) is 1. The van der Waals surface area contributed by atoms with Crippen molar-refractivity contribution >= 4 is 11.9 Å². The summed E-state index contributed by atoms with van der Waals surface area (Å²) in [5.41, 5.74) is 5.17. The highest BCUT2D eigenvalue weighted by Gasteiger charge is 2.38. The predicted octanol–water partition coefficient (Wildman–Crippen LogP) is 0.326. The van der Waals surface area contributed by atoms with Crippen LogP contribution in [0.3, 0.4) is 0 Å². The van der Waals surface area contributed by atoms with Gasteiger partial charge in [0.2, 0.25) is 5.91 Å². The lowest BCUT2D eigenvalue weighted by atomic mass is 9.98. The molecule has 3 N–H and O–H groups in total. The normalized spacial score (nSPS) is 20.2. The maximum atomic E-state index is 11.8. The van der Waals surface area contributed by atoms with Crippen molar-refractivity contribution in [1.29, 1.82) is 0 Å². The van der Waals surface area contributed by atoms with Gasteiger partial charge in [-0.05, 0) is 26.7 Å². The summed E-state index contributed by atoms with van der Waals surface area (Å²) in [5, 5.41) is 2.61. The van der Waals surface area contributed by atoms with E-state index in [4.69, 9.17) is 10.5 Å². The van der Waals surface area contributed by atoms with Gasteiger partial charge in [-0.15, -0.1) is 0 Å². The number of nitrogens with two attached hydrogens (primary N) is 1. The van der Waals surface area contributed by atoms with Crippen molar-refractivity contribution in [3.63, 3.8) is 0 Å². The van der Waals surface area contributed by atoms with Crippen LogP contribution < -0.4 is 11.1 Å². The largest absolute Gasteiger partial charge is 0.464 e. The van der Waals surface area contributed by atoms with Gasteiger partial charge in [0.15, 0.2) is 0 Å². The highest BCUT2D eigenvalue weighted by molar-refractivity contribution is 5.90. The summed E-state index contributed by atoms with van der Waals surface area (Å²) in [6.07, 6.45) is 3.32. The molecule has 1 unspecified atom stereocenters. The molecule has 1 amide bonds. The van der Waals surface area contributed by atoms with Crippen LogP contribution in [0, 0.1) is 0 Å². The van der Waals surface area contributed by atoms with Crippen LogP contribution in [0.2, 0.25) is 0 Å². The van der Waals surface area contributed by atoms with E-state index in [1.807, 2.05) is 0 Å².